The van der Waals surface area contributed by atoms with Crippen molar-refractivity contribution in [1.82, 2.24) is 9.97 Å². The van der Waals surface area contributed by atoms with E-state index in [-0.39, 0.29) is 0 Å². The van der Waals surface area contributed by atoms with Crippen LogP contribution in [0.5, 0.6) is 0 Å². The van der Waals surface area contributed by atoms with Gasteiger partial charge in [-0.15, -0.1) is 15.3 Å². The van der Waals surface area contributed by atoms with Gasteiger partial charge >= 0.3 is 0 Å². The first kappa shape index (κ1) is 22.7. The highest BCUT2D eigenvalue weighted by atomic mass is 15.2. The van der Waals surface area contributed by atoms with E-state index >= 15 is 0 Å². The van der Waals surface area contributed by atoms with Crippen molar-refractivity contribution in [2.45, 2.75) is 51.9 Å². The molecule has 0 spiro atoms. The van der Waals surface area contributed by atoms with Gasteiger partial charge < -0.3 is 4.90 Å². The second-order valence-corrected chi connectivity index (χ2v) is 8.33. The minimum absolute atomic E-state index is 0.299. The van der Waals surface area contributed by atoms with Crippen molar-refractivity contribution in [3.63, 3.8) is 0 Å². The van der Waals surface area contributed by atoms with Crippen LogP contribution in [0.2, 0.25) is 0 Å². The van der Waals surface area contributed by atoms with E-state index in [9.17, 15) is 0 Å². The van der Waals surface area contributed by atoms with Crippen molar-refractivity contribution in [2.24, 2.45) is 20.5 Å². The summed E-state index contributed by atoms with van der Waals surface area (Å²) in [6.07, 6.45) is 11.9. The van der Waals surface area contributed by atoms with Crippen LogP contribution in [0.1, 0.15) is 51.0 Å². The fraction of sp³-hybridized carbons (Fsp3) is 0.385. The number of rotatable bonds is 10. The van der Waals surface area contributed by atoms with Crippen LogP contribution in [0, 0.1) is 0 Å². The van der Waals surface area contributed by atoms with E-state index in [1.165, 1.54) is 49.8 Å². The number of hydrogen-bond donors (Lipinski definition) is 0. The lowest BCUT2D eigenvalue weighted by Crippen LogP contribution is -2.17. The van der Waals surface area contributed by atoms with Gasteiger partial charge in [-0.2, -0.15) is 5.11 Å². The van der Waals surface area contributed by atoms with Crippen LogP contribution >= 0.6 is 0 Å². The molecule has 0 radical (unpaired) electrons. The summed E-state index contributed by atoms with van der Waals surface area (Å²) in [6.45, 7) is 4.49. The zero-order chi connectivity index (χ0) is 22.7. The van der Waals surface area contributed by atoms with Crippen molar-refractivity contribution in [3.8, 4) is 0 Å². The topological polar surface area (TPSA) is 78.5 Å². The molecule has 1 aliphatic rings. The normalized spacial score (nSPS) is 14.0. The van der Waals surface area contributed by atoms with E-state index in [1.54, 1.807) is 12.4 Å². The third-order valence-corrected chi connectivity index (χ3v) is 5.74. The molecular formula is C26H31N7. The summed E-state index contributed by atoms with van der Waals surface area (Å²) in [5.41, 5.74) is 4.74. The van der Waals surface area contributed by atoms with Crippen LogP contribution in [-0.2, 0) is 6.42 Å². The zero-order valence-electron chi connectivity index (χ0n) is 19.3. The molecule has 7 heteroatoms. The molecular weight excluding hydrogens is 410 g/mol. The van der Waals surface area contributed by atoms with Gasteiger partial charge in [0.1, 0.15) is 5.69 Å². The number of anilines is 1. The van der Waals surface area contributed by atoms with Gasteiger partial charge in [0, 0.05) is 18.8 Å². The molecule has 0 amide bonds. The SMILES string of the molecule is CCCCCCc1ccc(N=Nc2ncc(N=Nc3ccc(N4CCCC4)cc3)cn2)cc1. The maximum Gasteiger partial charge on any atom is 0.268 e. The molecule has 0 atom stereocenters. The van der Waals surface area contributed by atoms with Crippen LogP contribution in [0.25, 0.3) is 0 Å². The monoisotopic (exact) mass is 441 g/mol. The first-order chi connectivity index (χ1) is 16.3. The molecule has 2 heterocycles. The highest BCUT2D eigenvalue weighted by molar-refractivity contribution is 5.53. The molecule has 0 N–H and O–H groups in total. The summed E-state index contributed by atoms with van der Waals surface area (Å²) in [4.78, 5) is 10.8. The number of nitrogens with zero attached hydrogens (tertiary/aromatic N) is 7. The standard InChI is InChI=1S/C26H31N7/c1-2-3-4-5-8-21-9-11-22(12-10-21)30-32-26-27-19-24(20-28-26)31-29-23-13-15-25(16-14-23)33-17-6-7-18-33/h9-16,19-20H,2-8,17-18H2,1H3. The Morgan fingerprint density at radius 3 is 1.97 bits per heavy atom. The number of hydrogen-bond acceptors (Lipinski definition) is 7. The fourth-order valence-corrected chi connectivity index (χ4v) is 3.83. The number of aryl methyl sites for hydroxylation is 1. The summed E-state index contributed by atoms with van der Waals surface area (Å²) in [6, 6.07) is 16.3. The van der Waals surface area contributed by atoms with Crippen molar-refractivity contribution in [1.29, 1.82) is 0 Å². The van der Waals surface area contributed by atoms with Gasteiger partial charge in [-0.05, 0) is 67.6 Å². The minimum Gasteiger partial charge on any atom is -0.372 e. The molecule has 4 rings (SSSR count). The molecule has 0 aliphatic carbocycles. The Hall–Kier alpha value is -3.48. The van der Waals surface area contributed by atoms with Crippen LogP contribution in [0.4, 0.5) is 28.7 Å². The molecule has 1 saturated heterocycles. The average Bonchev–Trinajstić information content (AvgIpc) is 3.41. The third kappa shape index (κ3) is 7.00. The number of azo groups is 2. The van der Waals surface area contributed by atoms with Crippen LogP contribution in [0.3, 0.4) is 0 Å². The lowest BCUT2D eigenvalue weighted by atomic mass is 10.1. The van der Waals surface area contributed by atoms with Gasteiger partial charge in [0.2, 0.25) is 0 Å². The van der Waals surface area contributed by atoms with E-state index in [4.69, 9.17) is 0 Å². The van der Waals surface area contributed by atoms with E-state index in [0.717, 1.165) is 30.9 Å². The van der Waals surface area contributed by atoms with Crippen molar-refractivity contribution < 1.29 is 0 Å². The largest absolute Gasteiger partial charge is 0.372 e. The summed E-state index contributed by atoms with van der Waals surface area (Å²) in [5.74, 6) is 0.299. The third-order valence-electron chi connectivity index (χ3n) is 5.74. The predicted octanol–water partition coefficient (Wildman–Crippen LogP) is 8.03. The Morgan fingerprint density at radius 2 is 1.30 bits per heavy atom. The molecule has 3 aromatic rings. The lowest BCUT2D eigenvalue weighted by Gasteiger charge is -2.17. The predicted molar refractivity (Wildman–Crippen MR) is 133 cm³/mol. The Morgan fingerprint density at radius 1 is 0.697 bits per heavy atom. The van der Waals surface area contributed by atoms with Gasteiger partial charge in [-0.25, -0.2) is 9.97 Å². The van der Waals surface area contributed by atoms with Crippen molar-refractivity contribution in [3.05, 3.63) is 66.5 Å². The Bertz CT molecular complexity index is 1040. The first-order valence-corrected chi connectivity index (χ1v) is 11.9. The van der Waals surface area contributed by atoms with E-state index in [1.807, 2.05) is 24.3 Å². The van der Waals surface area contributed by atoms with Crippen LogP contribution in [0.15, 0.2) is 81.4 Å². The summed E-state index contributed by atoms with van der Waals surface area (Å²) >= 11 is 0. The zero-order valence-corrected chi connectivity index (χ0v) is 19.3. The highest BCUT2D eigenvalue weighted by Gasteiger charge is 2.11. The van der Waals surface area contributed by atoms with E-state index in [0.29, 0.717) is 11.6 Å². The summed E-state index contributed by atoms with van der Waals surface area (Å²) in [7, 11) is 0. The summed E-state index contributed by atoms with van der Waals surface area (Å²) < 4.78 is 0. The van der Waals surface area contributed by atoms with E-state index in [2.05, 4.69) is 66.5 Å². The molecule has 0 unspecified atom stereocenters. The molecule has 170 valence electrons. The average molecular weight is 442 g/mol. The van der Waals surface area contributed by atoms with Gasteiger partial charge in [-0.1, -0.05) is 38.3 Å². The van der Waals surface area contributed by atoms with Gasteiger partial charge in [0.25, 0.3) is 5.95 Å². The fourth-order valence-electron chi connectivity index (χ4n) is 3.83. The highest BCUT2D eigenvalue weighted by Crippen LogP contribution is 2.25. The van der Waals surface area contributed by atoms with Crippen LogP contribution in [-0.4, -0.2) is 23.1 Å². The Labute approximate surface area is 195 Å². The molecule has 7 nitrogen and oxygen atoms in total. The Balaban J connectivity index is 1.28. The number of aromatic nitrogens is 2. The molecule has 1 aliphatic heterocycles. The second kappa shape index (κ2) is 11.9. The quantitative estimate of drug-likeness (QED) is 0.236. The van der Waals surface area contributed by atoms with Gasteiger partial charge in [0.15, 0.2) is 0 Å². The molecule has 1 aromatic heterocycles. The molecule has 33 heavy (non-hydrogen) atoms. The van der Waals surface area contributed by atoms with Crippen molar-refractivity contribution in [2.75, 3.05) is 18.0 Å². The minimum atomic E-state index is 0.299. The lowest BCUT2D eigenvalue weighted by molar-refractivity contribution is 0.667. The Kier molecular flexibility index (Phi) is 8.22. The molecule has 1 fully saturated rings. The van der Waals surface area contributed by atoms with Crippen LogP contribution < -0.4 is 4.90 Å². The van der Waals surface area contributed by atoms with Gasteiger partial charge in [0.05, 0.1) is 23.8 Å². The van der Waals surface area contributed by atoms with Gasteiger partial charge in [-0.3, -0.25) is 0 Å². The number of benzene rings is 2. The molecule has 2 aromatic carbocycles. The smallest absolute Gasteiger partial charge is 0.268 e. The first-order valence-electron chi connectivity index (χ1n) is 11.9. The second-order valence-electron chi connectivity index (χ2n) is 8.33. The molecule has 0 saturated carbocycles. The van der Waals surface area contributed by atoms with Crippen molar-refractivity contribution >= 4 is 28.7 Å². The van der Waals surface area contributed by atoms with E-state index < -0.39 is 0 Å². The molecule has 0 bridgehead atoms. The maximum atomic E-state index is 4.28. The summed E-state index contributed by atoms with van der Waals surface area (Å²) in [5, 5.41) is 16.9. The number of unbranched alkanes of at least 4 members (excludes halogenated alkanes) is 3. The maximum absolute atomic E-state index is 4.28.